The minimum atomic E-state index is -2.74. The molecular weight excluding hydrogens is 561 g/mol. The van der Waals surface area contributed by atoms with Crippen LogP contribution in [0.5, 0.6) is 0 Å². The van der Waals surface area contributed by atoms with Crippen molar-refractivity contribution in [1.82, 2.24) is 10.2 Å². The van der Waals surface area contributed by atoms with E-state index in [0.29, 0.717) is 6.54 Å². The first kappa shape index (κ1) is 33.5. The summed E-state index contributed by atoms with van der Waals surface area (Å²) in [4.78, 5) is 44.7. The highest BCUT2D eigenvalue weighted by molar-refractivity contribution is 6.31. The fraction of sp³-hybridized carbons (Fsp3) is 0.429. The first-order chi connectivity index (χ1) is 19.0. The number of carboxylic acid groups (broad SMARTS) is 3. The Labute approximate surface area is 241 Å². The van der Waals surface area contributed by atoms with Gasteiger partial charge in [0.05, 0.1) is 18.4 Å². The number of nitrogens with two attached hydrogens (primary N) is 1. The Kier molecular flexibility index (Phi) is 11.2. The lowest BCUT2D eigenvalue weighted by Crippen LogP contribution is -2.52. The van der Waals surface area contributed by atoms with Crippen LogP contribution in [-0.2, 0) is 31.3 Å². The number of nitrogen functional groups attached to an aromatic ring is 1. The van der Waals surface area contributed by atoms with Gasteiger partial charge < -0.3 is 31.5 Å². The second-order valence-corrected chi connectivity index (χ2v) is 10.6. The number of nitrogens with zero attached hydrogens (tertiary/aromatic N) is 1. The number of halogens is 2. The Morgan fingerprint density at radius 3 is 1.98 bits per heavy atom. The van der Waals surface area contributed by atoms with Crippen LogP contribution in [-0.4, -0.2) is 67.8 Å². The molecule has 1 fully saturated rings. The molecule has 1 saturated heterocycles. The minimum Gasteiger partial charge on any atom is -0.481 e. The SMILES string of the molecule is CC(=O)NC1(c2ccc(F)cc2)CCN(Cc2cc(Cl)c(C)c(C)c2N)CC1.O=C(O)CC(O)(CC(=O)O)C(=O)O. The maximum absolute atomic E-state index is 13.4. The molecule has 3 rings (SSSR count). The van der Waals surface area contributed by atoms with Gasteiger partial charge in [0.15, 0.2) is 5.60 Å². The number of carboxylic acids is 3. The number of aliphatic hydroxyl groups is 1. The monoisotopic (exact) mass is 595 g/mol. The van der Waals surface area contributed by atoms with Crippen LogP contribution in [0.25, 0.3) is 0 Å². The molecule has 0 atom stereocenters. The molecule has 1 amide bonds. The molecule has 0 aromatic heterocycles. The van der Waals surface area contributed by atoms with Crippen LogP contribution in [0.15, 0.2) is 30.3 Å². The molecule has 41 heavy (non-hydrogen) atoms. The van der Waals surface area contributed by atoms with Crippen molar-refractivity contribution in [3.8, 4) is 0 Å². The molecule has 0 spiro atoms. The zero-order valence-corrected chi connectivity index (χ0v) is 23.8. The van der Waals surface area contributed by atoms with Gasteiger partial charge in [0, 0.05) is 37.3 Å². The zero-order chi connectivity index (χ0) is 31.1. The Balaban J connectivity index is 0.000000383. The van der Waals surface area contributed by atoms with Crippen molar-refractivity contribution in [2.24, 2.45) is 0 Å². The van der Waals surface area contributed by atoms with E-state index >= 15 is 0 Å². The summed E-state index contributed by atoms with van der Waals surface area (Å²) in [6.45, 7) is 7.79. The molecule has 1 heterocycles. The number of carbonyl (C=O) groups excluding carboxylic acids is 1. The third-order valence-electron chi connectivity index (χ3n) is 7.17. The maximum atomic E-state index is 13.4. The van der Waals surface area contributed by atoms with Gasteiger partial charge in [-0.05, 0) is 67.1 Å². The van der Waals surface area contributed by atoms with Gasteiger partial charge in [0.25, 0.3) is 0 Å². The summed E-state index contributed by atoms with van der Waals surface area (Å²) in [7, 11) is 0. The highest BCUT2D eigenvalue weighted by atomic mass is 35.5. The summed E-state index contributed by atoms with van der Waals surface area (Å²) in [5.74, 6) is -5.38. The Hall–Kier alpha value is -3.74. The minimum absolute atomic E-state index is 0.0806. The van der Waals surface area contributed by atoms with Gasteiger partial charge in [-0.2, -0.15) is 0 Å². The average Bonchev–Trinajstić information content (AvgIpc) is 2.86. The molecule has 13 heteroatoms. The summed E-state index contributed by atoms with van der Waals surface area (Å²) >= 11 is 6.35. The lowest BCUT2D eigenvalue weighted by atomic mass is 9.80. The standard InChI is InChI=1S/C22H27ClFN3O.C6H8O7/c1-14-15(2)21(25)17(12-20(14)23)13-27-10-8-22(9-11-27,26-16(3)28)18-4-6-19(24)7-5-18;7-3(8)1-6(13,5(11)12)2-4(9)10/h4-7,12H,8-11,13,25H2,1-3H3,(H,26,28);13H,1-2H2,(H,7,8)(H,9,10)(H,11,12). The van der Waals surface area contributed by atoms with Crippen LogP contribution in [0, 0.1) is 19.7 Å². The second kappa shape index (κ2) is 13.7. The van der Waals surface area contributed by atoms with Crippen LogP contribution in [0.4, 0.5) is 10.1 Å². The first-order valence-corrected chi connectivity index (χ1v) is 13.1. The lowest BCUT2D eigenvalue weighted by Gasteiger charge is -2.43. The molecule has 1 aliphatic rings. The maximum Gasteiger partial charge on any atom is 0.336 e. The fourth-order valence-corrected chi connectivity index (χ4v) is 5.00. The van der Waals surface area contributed by atoms with E-state index in [9.17, 15) is 23.6 Å². The molecule has 0 bridgehead atoms. The molecule has 0 saturated carbocycles. The van der Waals surface area contributed by atoms with Crippen LogP contribution >= 0.6 is 11.6 Å². The quantitative estimate of drug-likeness (QED) is 0.235. The van der Waals surface area contributed by atoms with E-state index < -0.39 is 41.9 Å². The van der Waals surface area contributed by atoms with Crippen LogP contribution in [0.3, 0.4) is 0 Å². The second-order valence-electron chi connectivity index (χ2n) is 10.2. The van der Waals surface area contributed by atoms with E-state index in [0.717, 1.165) is 58.9 Å². The van der Waals surface area contributed by atoms with E-state index in [-0.39, 0.29) is 11.7 Å². The number of nitrogens with one attached hydrogen (secondary N) is 1. The number of hydrogen-bond acceptors (Lipinski definition) is 7. The Morgan fingerprint density at radius 1 is 1.02 bits per heavy atom. The number of amides is 1. The molecule has 1 aliphatic heterocycles. The molecule has 2 aromatic carbocycles. The third-order valence-corrected chi connectivity index (χ3v) is 7.57. The van der Waals surface area contributed by atoms with Crippen molar-refractivity contribution in [2.75, 3.05) is 18.8 Å². The fourth-order valence-electron chi connectivity index (χ4n) is 4.73. The summed E-state index contributed by atoms with van der Waals surface area (Å²) < 4.78 is 13.4. The van der Waals surface area contributed by atoms with Gasteiger partial charge >= 0.3 is 17.9 Å². The average molecular weight is 596 g/mol. The van der Waals surface area contributed by atoms with Crippen molar-refractivity contribution in [3.05, 3.63) is 63.4 Å². The smallest absolute Gasteiger partial charge is 0.336 e. The van der Waals surface area contributed by atoms with Crippen LogP contribution < -0.4 is 11.1 Å². The molecule has 2 aromatic rings. The van der Waals surface area contributed by atoms with E-state index in [1.54, 1.807) is 12.1 Å². The van der Waals surface area contributed by atoms with Gasteiger partial charge in [-0.1, -0.05) is 23.7 Å². The normalized spacial score (nSPS) is 14.9. The Bertz CT molecular complexity index is 1280. The predicted molar refractivity (Wildman–Crippen MR) is 149 cm³/mol. The van der Waals surface area contributed by atoms with Gasteiger partial charge in [-0.15, -0.1) is 0 Å². The molecule has 0 radical (unpaired) electrons. The number of rotatable bonds is 9. The molecule has 7 N–H and O–H groups in total. The van der Waals surface area contributed by atoms with Crippen molar-refractivity contribution in [3.63, 3.8) is 0 Å². The molecule has 0 unspecified atom stereocenters. The van der Waals surface area contributed by atoms with Crippen molar-refractivity contribution in [2.45, 2.75) is 64.1 Å². The first-order valence-electron chi connectivity index (χ1n) is 12.7. The summed E-state index contributed by atoms with van der Waals surface area (Å²) in [5, 5.41) is 37.7. The zero-order valence-electron chi connectivity index (χ0n) is 23.0. The summed E-state index contributed by atoms with van der Waals surface area (Å²) in [5.41, 5.74) is 7.91. The third kappa shape index (κ3) is 8.87. The van der Waals surface area contributed by atoms with Crippen LogP contribution in [0.1, 0.15) is 54.9 Å². The molecular formula is C28H35ClFN3O8. The molecule has 11 nitrogen and oxygen atoms in total. The van der Waals surface area contributed by atoms with E-state index in [2.05, 4.69) is 10.2 Å². The van der Waals surface area contributed by atoms with Crippen molar-refractivity contribution >= 4 is 41.1 Å². The van der Waals surface area contributed by atoms with E-state index in [1.165, 1.54) is 19.1 Å². The van der Waals surface area contributed by atoms with Crippen molar-refractivity contribution in [1.29, 1.82) is 0 Å². The number of piperidine rings is 1. The predicted octanol–water partition coefficient (Wildman–Crippen LogP) is 3.06. The topological polar surface area (TPSA) is 190 Å². The largest absolute Gasteiger partial charge is 0.481 e. The van der Waals surface area contributed by atoms with E-state index in [4.69, 9.17) is 37.8 Å². The lowest BCUT2D eigenvalue weighted by molar-refractivity contribution is -0.170. The van der Waals surface area contributed by atoms with Crippen molar-refractivity contribution < 1.29 is 44.0 Å². The number of carbonyl (C=O) groups is 4. The number of hydrogen-bond donors (Lipinski definition) is 6. The molecule has 224 valence electrons. The molecule has 0 aliphatic carbocycles. The Morgan fingerprint density at radius 2 is 1.54 bits per heavy atom. The van der Waals surface area contributed by atoms with Crippen LogP contribution in [0.2, 0.25) is 5.02 Å². The van der Waals surface area contributed by atoms with Gasteiger partial charge in [-0.25, -0.2) is 9.18 Å². The summed E-state index contributed by atoms with van der Waals surface area (Å²) in [6, 6.07) is 8.38. The number of anilines is 1. The van der Waals surface area contributed by atoms with E-state index in [1.807, 2.05) is 19.9 Å². The summed E-state index contributed by atoms with van der Waals surface area (Å²) in [6.07, 6.45) is -0.795. The van der Waals surface area contributed by atoms with Gasteiger partial charge in [-0.3, -0.25) is 19.3 Å². The van der Waals surface area contributed by atoms with Gasteiger partial charge in [0.1, 0.15) is 5.82 Å². The van der Waals surface area contributed by atoms with Gasteiger partial charge in [0.2, 0.25) is 5.91 Å². The number of likely N-dealkylation sites (tertiary alicyclic amines) is 1. The highest BCUT2D eigenvalue weighted by Gasteiger charge is 2.41. The number of aliphatic carboxylic acids is 3. The highest BCUT2D eigenvalue weighted by Crippen LogP contribution is 2.35. The number of benzene rings is 2.